The number of hydrogen-bond donors (Lipinski definition) is 2. The Labute approximate surface area is 202 Å². The van der Waals surface area contributed by atoms with Gasteiger partial charge in [-0.25, -0.2) is 12.8 Å². The number of benzene rings is 3. The molecule has 4 aromatic rings. The fraction of sp³-hybridized carbons (Fsp3) is 0.160. The lowest BCUT2D eigenvalue weighted by Crippen LogP contribution is -2.32. The number of amides is 1. The van der Waals surface area contributed by atoms with Crippen molar-refractivity contribution in [1.82, 2.24) is 10.1 Å². The maximum atomic E-state index is 13.0. The predicted octanol–water partition coefficient (Wildman–Crippen LogP) is 5.14. The Morgan fingerprint density at radius 3 is 2.17 bits per heavy atom. The minimum atomic E-state index is -3.86. The number of alkyl halides is 1. The number of sulfonamides is 1. The Kier molecular flexibility index (Phi) is 6.65. The van der Waals surface area contributed by atoms with Crippen LogP contribution in [-0.2, 0) is 14.8 Å². The molecule has 8 nitrogen and oxygen atoms in total. The van der Waals surface area contributed by atoms with E-state index in [0.717, 1.165) is 5.56 Å². The molecule has 0 saturated heterocycles. The van der Waals surface area contributed by atoms with Gasteiger partial charge in [0, 0.05) is 22.5 Å². The van der Waals surface area contributed by atoms with Crippen LogP contribution in [0.4, 0.5) is 15.8 Å². The van der Waals surface area contributed by atoms with Crippen molar-refractivity contribution in [1.29, 1.82) is 0 Å². The number of nitrogens with one attached hydrogen (secondary N) is 2. The van der Waals surface area contributed by atoms with E-state index in [0.29, 0.717) is 28.7 Å². The van der Waals surface area contributed by atoms with Gasteiger partial charge in [-0.2, -0.15) is 4.98 Å². The fourth-order valence-corrected chi connectivity index (χ4v) is 4.08. The van der Waals surface area contributed by atoms with Crippen molar-refractivity contribution in [2.75, 3.05) is 16.7 Å². The molecule has 0 unspecified atom stereocenters. The highest BCUT2D eigenvalue weighted by Crippen LogP contribution is 2.25. The second-order valence-corrected chi connectivity index (χ2v) is 10.2. The van der Waals surface area contributed by atoms with Gasteiger partial charge in [-0.15, -0.1) is 0 Å². The molecule has 1 aromatic heterocycles. The van der Waals surface area contributed by atoms with E-state index in [1.54, 1.807) is 12.1 Å². The summed E-state index contributed by atoms with van der Waals surface area (Å²) in [5, 5.41) is 6.58. The Balaban J connectivity index is 1.44. The first-order chi connectivity index (χ1) is 16.7. The van der Waals surface area contributed by atoms with Crippen LogP contribution in [0.3, 0.4) is 0 Å². The Bertz CT molecular complexity index is 1420. The van der Waals surface area contributed by atoms with Crippen molar-refractivity contribution in [2.24, 2.45) is 5.41 Å². The zero-order valence-corrected chi connectivity index (χ0v) is 19.8. The molecule has 180 valence electrons. The third kappa shape index (κ3) is 5.55. The third-order valence-corrected chi connectivity index (χ3v) is 6.61. The Hall–Kier alpha value is -4.05. The summed E-state index contributed by atoms with van der Waals surface area (Å²) in [4.78, 5) is 16.5. The van der Waals surface area contributed by atoms with Crippen LogP contribution in [0.15, 0.2) is 88.3 Å². The molecule has 0 aliphatic rings. The van der Waals surface area contributed by atoms with Gasteiger partial charge >= 0.3 is 0 Å². The summed E-state index contributed by atoms with van der Waals surface area (Å²) in [6.07, 6.45) is 0. The molecule has 0 radical (unpaired) electrons. The molecular weight excluding hydrogens is 471 g/mol. The lowest BCUT2D eigenvalue weighted by Gasteiger charge is -2.19. The normalized spacial score (nSPS) is 11.7. The first kappa shape index (κ1) is 24.1. The predicted molar refractivity (Wildman–Crippen MR) is 131 cm³/mol. The topological polar surface area (TPSA) is 114 Å². The number of hydrogen-bond acceptors (Lipinski definition) is 6. The van der Waals surface area contributed by atoms with Crippen molar-refractivity contribution < 1.29 is 22.1 Å². The van der Waals surface area contributed by atoms with Gasteiger partial charge in [0.1, 0.15) is 6.67 Å². The maximum Gasteiger partial charge on any atom is 0.261 e. The summed E-state index contributed by atoms with van der Waals surface area (Å²) in [6, 6.07) is 21.5. The first-order valence-corrected chi connectivity index (χ1v) is 12.2. The molecular formula is C25H23FN4O4S. The van der Waals surface area contributed by atoms with Crippen molar-refractivity contribution >= 4 is 27.3 Å². The van der Waals surface area contributed by atoms with Gasteiger partial charge in [-0.05, 0) is 74.5 Å². The Morgan fingerprint density at radius 2 is 1.54 bits per heavy atom. The summed E-state index contributed by atoms with van der Waals surface area (Å²) >= 11 is 0. The quantitative estimate of drug-likeness (QED) is 0.351. The van der Waals surface area contributed by atoms with Crippen LogP contribution in [0.1, 0.15) is 13.8 Å². The van der Waals surface area contributed by atoms with Crippen molar-refractivity contribution in [3.05, 3.63) is 78.9 Å². The van der Waals surface area contributed by atoms with Crippen LogP contribution < -0.4 is 10.0 Å². The number of carbonyl (C=O) groups excluding carboxylic acids is 1. The van der Waals surface area contributed by atoms with Gasteiger partial charge in [0.2, 0.25) is 11.7 Å². The monoisotopic (exact) mass is 494 g/mol. The number of anilines is 2. The molecule has 4 rings (SSSR count). The SMILES string of the molecule is CC(C)(CF)C(=O)Nc1ccc(NS(=O)(=O)c2ccc(-c3noc(-c4ccccc4)n3)cc2)cc1. The zero-order valence-electron chi connectivity index (χ0n) is 19.0. The fourth-order valence-electron chi connectivity index (χ4n) is 3.02. The third-order valence-electron chi connectivity index (χ3n) is 5.21. The first-order valence-electron chi connectivity index (χ1n) is 10.7. The van der Waals surface area contributed by atoms with Crippen LogP contribution in [0.5, 0.6) is 0 Å². The molecule has 2 N–H and O–H groups in total. The highest BCUT2D eigenvalue weighted by atomic mass is 32.2. The number of rotatable bonds is 8. The number of aromatic nitrogens is 2. The molecule has 0 bridgehead atoms. The van der Waals surface area contributed by atoms with Crippen molar-refractivity contribution in [3.8, 4) is 22.8 Å². The summed E-state index contributed by atoms with van der Waals surface area (Å²) in [5.74, 6) is 0.243. The summed E-state index contributed by atoms with van der Waals surface area (Å²) in [6.45, 7) is 2.20. The van der Waals surface area contributed by atoms with E-state index >= 15 is 0 Å². The number of halogens is 1. The van der Waals surface area contributed by atoms with Gasteiger partial charge in [0.05, 0.1) is 10.3 Å². The van der Waals surface area contributed by atoms with Gasteiger partial charge in [0.15, 0.2) is 0 Å². The molecule has 0 aliphatic carbocycles. The van der Waals surface area contributed by atoms with Gasteiger partial charge < -0.3 is 9.84 Å². The second kappa shape index (κ2) is 9.67. The Morgan fingerprint density at radius 1 is 0.914 bits per heavy atom. The second-order valence-electron chi connectivity index (χ2n) is 8.47. The van der Waals surface area contributed by atoms with Crippen LogP contribution in [0.2, 0.25) is 0 Å². The summed E-state index contributed by atoms with van der Waals surface area (Å²) in [5.41, 5.74) is 0.968. The zero-order chi connectivity index (χ0) is 25.1. The molecule has 0 spiro atoms. The molecule has 1 amide bonds. The molecule has 0 fully saturated rings. The van der Waals surface area contributed by atoms with E-state index in [2.05, 4.69) is 20.2 Å². The van der Waals surface area contributed by atoms with Crippen LogP contribution in [0.25, 0.3) is 22.8 Å². The minimum Gasteiger partial charge on any atom is -0.334 e. The van der Waals surface area contributed by atoms with E-state index in [1.165, 1.54) is 50.2 Å². The standard InChI is InChI=1S/C25H23FN4O4S/c1-25(2,16-26)24(31)27-19-10-12-20(13-11-19)30-35(32,33)21-14-8-17(9-15-21)22-28-23(34-29-22)18-6-4-3-5-7-18/h3-15,30H,16H2,1-2H3,(H,27,31). The average Bonchev–Trinajstić information content (AvgIpc) is 3.36. The van der Waals surface area contributed by atoms with E-state index in [1.807, 2.05) is 30.3 Å². The smallest absolute Gasteiger partial charge is 0.261 e. The van der Waals surface area contributed by atoms with E-state index in [4.69, 9.17) is 4.52 Å². The molecule has 10 heteroatoms. The number of nitrogens with zero attached hydrogens (tertiary/aromatic N) is 2. The number of carbonyl (C=O) groups is 1. The van der Waals surface area contributed by atoms with Gasteiger partial charge in [-0.1, -0.05) is 23.4 Å². The maximum absolute atomic E-state index is 13.0. The van der Waals surface area contributed by atoms with E-state index in [9.17, 15) is 17.6 Å². The summed E-state index contributed by atoms with van der Waals surface area (Å²) < 4.78 is 46.4. The largest absolute Gasteiger partial charge is 0.334 e. The molecule has 0 atom stereocenters. The molecule has 0 aliphatic heterocycles. The van der Waals surface area contributed by atoms with Gasteiger partial charge in [0.25, 0.3) is 15.9 Å². The highest BCUT2D eigenvalue weighted by molar-refractivity contribution is 7.92. The molecule has 3 aromatic carbocycles. The minimum absolute atomic E-state index is 0.0510. The van der Waals surface area contributed by atoms with Crippen LogP contribution in [0, 0.1) is 5.41 Å². The molecule has 35 heavy (non-hydrogen) atoms. The lowest BCUT2D eigenvalue weighted by atomic mass is 9.94. The van der Waals surface area contributed by atoms with Crippen LogP contribution >= 0.6 is 0 Å². The average molecular weight is 495 g/mol. The summed E-state index contributed by atoms with van der Waals surface area (Å²) in [7, 11) is -3.86. The van der Waals surface area contributed by atoms with E-state index in [-0.39, 0.29) is 4.90 Å². The van der Waals surface area contributed by atoms with E-state index < -0.39 is 28.0 Å². The lowest BCUT2D eigenvalue weighted by molar-refractivity contribution is -0.124. The van der Waals surface area contributed by atoms with Crippen molar-refractivity contribution in [2.45, 2.75) is 18.7 Å². The highest BCUT2D eigenvalue weighted by Gasteiger charge is 2.27. The van der Waals surface area contributed by atoms with Crippen molar-refractivity contribution in [3.63, 3.8) is 0 Å². The molecule has 1 heterocycles. The van der Waals surface area contributed by atoms with Gasteiger partial charge in [-0.3, -0.25) is 9.52 Å². The van der Waals surface area contributed by atoms with Crippen LogP contribution in [-0.4, -0.2) is 31.1 Å². The molecule has 0 saturated carbocycles.